The number of methoxy groups -OCH3 is 2. The molecule has 316 valence electrons. The number of hydrogen-bond acceptors (Lipinski definition) is 8. The molecule has 8 heteroatoms. The summed E-state index contributed by atoms with van der Waals surface area (Å²) >= 11 is 0. The van der Waals surface area contributed by atoms with Crippen molar-refractivity contribution >= 4 is 23.5 Å². The lowest BCUT2D eigenvalue weighted by molar-refractivity contribution is 0.0725. The zero-order valence-corrected chi connectivity index (χ0v) is 35.8. The fourth-order valence-corrected chi connectivity index (χ4v) is 8.99. The van der Waals surface area contributed by atoms with E-state index in [2.05, 4.69) is 48.5 Å². The van der Waals surface area contributed by atoms with Crippen molar-refractivity contribution in [3.8, 4) is 23.0 Å². The van der Waals surface area contributed by atoms with Gasteiger partial charge >= 0.3 is 11.9 Å². The number of carbonyl (C=O) groups excluding carboxylic acids is 4. The SMILES string of the molecule is COc1ccc(C2(c3ccc(OC(=O)c4ccc(C(C)=O)cc4)cc3)CCCC2)cc1.COc1ccc(C2(c3ccc(OC(=O)c4cccc(C(C)=O)c4)cc3)CCCC2)cc1. The molecule has 6 aromatic rings. The lowest BCUT2D eigenvalue weighted by Crippen LogP contribution is -2.23. The van der Waals surface area contributed by atoms with E-state index in [9.17, 15) is 19.2 Å². The highest BCUT2D eigenvalue weighted by Crippen LogP contribution is 2.48. The van der Waals surface area contributed by atoms with Crippen LogP contribution in [0.5, 0.6) is 23.0 Å². The van der Waals surface area contributed by atoms with Gasteiger partial charge < -0.3 is 18.9 Å². The molecule has 0 atom stereocenters. The van der Waals surface area contributed by atoms with E-state index in [-0.39, 0.29) is 22.4 Å². The Morgan fingerprint density at radius 1 is 0.387 bits per heavy atom. The number of benzene rings is 6. The van der Waals surface area contributed by atoms with Crippen molar-refractivity contribution in [3.05, 3.63) is 190 Å². The number of ether oxygens (including phenoxy) is 4. The first-order valence-corrected chi connectivity index (χ1v) is 21.2. The van der Waals surface area contributed by atoms with E-state index in [1.54, 1.807) is 62.8 Å². The van der Waals surface area contributed by atoms with E-state index in [1.807, 2.05) is 48.5 Å². The second-order valence-electron chi connectivity index (χ2n) is 16.1. The summed E-state index contributed by atoms with van der Waals surface area (Å²) in [6.45, 7) is 2.97. The van der Waals surface area contributed by atoms with E-state index in [1.165, 1.54) is 61.8 Å². The molecule has 2 aliphatic rings. The molecule has 8 nitrogen and oxygen atoms in total. The Balaban J connectivity index is 0.000000186. The Kier molecular flexibility index (Phi) is 13.5. The van der Waals surface area contributed by atoms with Crippen molar-refractivity contribution in [2.45, 2.75) is 76.0 Å². The molecule has 0 heterocycles. The van der Waals surface area contributed by atoms with Gasteiger partial charge in [0.25, 0.3) is 0 Å². The van der Waals surface area contributed by atoms with Gasteiger partial charge in [-0.05, 0) is 135 Å². The number of carbonyl (C=O) groups is 4. The lowest BCUT2D eigenvalue weighted by atomic mass is 9.73. The molecule has 0 bridgehead atoms. The number of rotatable bonds is 12. The minimum Gasteiger partial charge on any atom is -0.497 e. The summed E-state index contributed by atoms with van der Waals surface area (Å²) in [4.78, 5) is 48.0. The summed E-state index contributed by atoms with van der Waals surface area (Å²) in [5.41, 5.74) is 6.85. The average Bonchev–Trinajstić information content (AvgIpc) is 4.03. The predicted octanol–water partition coefficient (Wildman–Crippen LogP) is 12.0. The highest BCUT2D eigenvalue weighted by molar-refractivity contribution is 5.98. The van der Waals surface area contributed by atoms with Gasteiger partial charge in [-0.2, -0.15) is 0 Å². The van der Waals surface area contributed by atoms with Crippen LogP contribution in [-0.2, 0) is 10.8 Å². The van der Waals surface area contributed by atoms with Gasteiger partial charge in [0.1, 0.15) is 23.0 Å². The maximum Gasteiger partial charge on any atom is 0.343 e. The number of Topliss-reactive ketones (excluding diaryl/α,β-unsaturated/α-hetero) is 2. The van der Waals surface area contributed by atoms with E-state index >= 15 is 0 Å². The zero-order valence-electron chi connectivity index (χ0n) is 35.8. The molecule has 0 aliphatic heterocycles. The van der Waals surface area contributed by atoms with Crippen molar-refractivity contribution in [1.29, 1.82) is 0 Å². The first-order chi connectivity index (χ1) is 30.0. The normalized spacial score (nSPS) is 14.8. The number of hydrogen-bond donors (Lipinski definition) is 0. The monoisotopic (exact) mass is 828 g/mol. The van der Waals surface area contributed by atoms with E-state index in [0.29, 0.717) is 33.8 Å². The molecule has 2 saturated carbocycles. The van der Waals surface area contributed by atoms with Gasteiger partial charge in [0.2, 0.25) is 0 Å². The second-order valence-corrected chi connectivity index (χ2v) is 16.1. The standard InChI is InChI=1S/2C27H26O4/c1-19(28)20-5-7-21(8-6-20)26(29)31-25-15-11-23(12-16-25)27(17-3-4-18-27)22-9-13-24(30-2)14-10-22;1-19(28)20-6-5-7-21(18-20)26(29)31-25-14-10-23(11-15-25)27(16-3-4-17-27)22-8-12-24(30-2)13-9-22/h5-16H,3-4,17-18H2,1-2H3;5-15,18H,3-4,16-17H2,1-2H3. The van der Waals surface area contributed by atoms with Gasteiger partial charge in [0, 0.05) is 22.0 Å². The minimum atomic E-state index is -0.471. The molecule has 2 aliphatic carbocycles. The minimum absolute atomic E-state index is 0.0165. The van der Waals surface area contributed by atoms with Crippen molar-refractivity contribution in [1.82, 2.24) is 0 Å². The molecule has 0 N–H and O–H groups in total. The first kappa shape index (κ1) is 43.3. The third kappa shape index (κ3) is 9.55. The summed E-state index contributed by atoms with van der Waals surface area (Å²) in [7, 11) is 3.36. The fourth-order valence-electron chi connectivity index (χ4n) is 8.99. The van der Waals surface area contributed by atoms with Gasteiger partial charge in [0.05, 0.1) is 25.3 Å². The quantitative estimate of drug-likeness (QED) is 0.0682. The van der Waals surface area contributed by atoms with Gasteiger partial charge in [-0.3, -0.25) is 9.59 Å². The number of ketones is 2. The highest BCUT2D eigenvalue weighted by Gasteiger charge is 2.38. The Hall–Kier alpha value is -6.80. The highest BCUT2D eigenvalue weighted by atomic mass is 16.5. The molecule has 62 heavy (non-hydrogen) atoms. The molecule has 0 saturated heterocycles. The molecule has 0 radical (unpaired) electrons. The summed E-state index contributed by atoms with van der Waals surface area (Å²) in [5.74, 6) is 1.68. The van der Waals surface area contributed by atoms with Crippen LogP contribution in [0.25, 0.3) is 0 Å². The largest absolute Gasteiger partial charge is 0.497 e. The predicted molar refractivity (Wildman–Crippen MR) is 240 cm³/mol. The van der Waals surface area contributed by atoms with Crippen LogP contribution in [0.2, 0.25) is 0 Å². The summed E-state index contributed by atoms with van der Waals surface area (Å²) in [6.07, 6.45) is 9.15. The van der Waals surface area contributed by atoms with E-state index in [4.69, 9.17) is 18.9 Å². The Morgan fingerprint density at radius 3 is 1.06 bits per heavy atom. The maximum atomic E-state index is 12.5. The van der Waals surface area contributed by atoms with Crippen LogP contribution in [0, 0.1) is 0 Å². The van der Waals surface area contributed by atoms with Crippen LogP contribution in [-0.4, -0.2) is 37.7 Å². The zero-order chi connectivity index (χ0) is 43.7. The second kappa shape index (κ2) is 19.3. The summed E-state index contributed by atoms with van der Waals surface area (Å²) < 4.78 is 21.7. The maximum absolute atomic E-state index is 12.5. The molecular formula is C54H52O8. The number of esters is 2. The van der Waals surface area contributed by atoms with Crippen LogP contribution in [0.3, 0.4) is 0 Å². The van der Waals surface area contributed by atoms with Gasteiger partial charge in [0.15, 0.2) is 11.6 Å². The Morgan fingerprint density at radius 2 is 0.710 bits per heavy atom. The van der Waals surface area contributed by atoms with Gasteiger partial charge in [-0.15, -0.1) is 0 Å². The van der Waals surface area contributed by atoms with Crippen LogP contribution >= 0.6 is 0 Å². The molecule has 0 spiro atoms. The fraction of sp³-hybridized carbons (Fsp3) is 0.259. The summed E-state index contributed by atoms with van der Waals surface area (Å²) in [6, 6.07) is 45.5. The third-order valence-corrected chi connectivity index (χ3v) is 12.5. The van der Waals surface area contributed by atoms with Crippen LogP contribution in [0.15, 0.2) is 146 Å². The van der Waals surface area contributed by atoms with Gasteiger partial charge in [-0.25, -0.2) is 9.59 Å². The van der Waals surface area contributed by atoms with Crippen LogP contribution < -0.4 is 18.9 Å². The van der Waals surface area contributed by atoms with E-state index in [0.717, 1.165) is 37.2 Å². The molecule has 2 fully saturated rings. The van der Waals surface area contributed by atoms with Crippen LogP contribution in [0.1, 0.15) is 129 Å². The molecule has 0 amide bonds. The van der Waals surface area contributed by atoms with Gasteiger partial charge in [-0.1, -0.05) is 98.5 Å². The third-order valence-electron chi connectivity index (χ3n) is 12.5. The molecule has 0 unspecified atom stereocenters. The smallest absolute Gasteiger partial charge is 0.343 e. The first-order valence-electron chi connectivity index (χ1n) is 21.2. The average molecular weight is 829 g/mol. The van der Waals surface area contributed by atoms with Crippen molar-refractivity contribution in [2.24, 2.45) is 0 Å². The molecular weight excluding hydrogens is 777 g/mol. The molecule has 8 rings (SSSR count). The Labute approximate surface area is 363 Å². The van der Waals surface area contributed by atoms with Crippen LogP contribution in [0.4, 0.5) is 0 Å². The lowest BCUT2D eigenvalue weighted by Gasteiger charge is -2.30. The molecule has 0 aromatic heterocycles. The topological polar surface area (TPSA) is 105 Å². The van der Waals surface area contributed by atoms with Crippen molar-refractivity contribution in [3.63, 3.8) is 0 Å². The molecule has 6 aromatic carbocycles. The van der Waals surface area contributed by atoms with E-state index < -0.39 is 11.9 Å². The summed E-state index contributed by atoms with van der Waals surface area (Å²) in [5, 5.41) is 0. The van der Waals surface area contributed by atoms with Crippen molar-refractivity contribution in [2.75, 3.05) is 14.2 Å². The Bertz CT molecular complexity index is 2490. The van der Waals surface area contributed by atoms with Crippen molar-refractivity contribution < 1.29 is 38.1 Å².